The molecule has 0 saturated heterocycles. The highest BCUT2D eigenvalue weighted by atomic mass is 16.2. The lowest BCUT2D eigenvalue weighted by atomic mass is 10.1. The minimum atomic E-state index is -0.182. The van der Waals surface area contributed by atoms with E-state index in [4.69, 9.17) is 0 Å². The number of aromatic nitrogens is 4. The molecule has 3 aromatic rings. The quantitative estimate of drug-likeness (QED) is 0.727. The summed E-state index contributed by atoms with van der Waals surface area (Å²) in [7, 11) is 0. The molecule has 0 radical (unpaired) electrons. The van der Waals surface area contributed by atoms with Crippen LogP contribution >= 0.6 is 0 Å². The SMILES string of the molecule is CCCC(C(=O)NCc1cccnc1-n1ccnc1)n1cccc1. The molecule has 0 aliphatic carbocycles. The van der Waals surface area contributed by atoms with Crippen LogP contribution in [0.15, 0.2) is 61.6 Å². The van der Waals surface area contributed by atoms with E-state index >= 15 is 0 Å². The average Bonchev–Trinajstić information content (AvgIpc) is 3.31. The molecule has 0 aliphatic rings. The number of hydrogen-bond acceptors (Lipinski definition) is 3. The Kier molecular flexibility index (Phi) is 5.05. The second-order valence-corrected chi connectivity index (χ2v) is 5.61. The molecule has 24 heavy (non-hydrogen) atoms. The topological polar surface area (TPSA) is 64.7 Å². The second-order valence-electron chi connectivity index (χ2n) is 5.61. The summed E-state index contributed by atoms with van der Waals surface area (Å²) in [5, 5.41) is 3.04. The summed E-state index contributed by atoms with van der Waals surface area (Å²) < 4.78 is 3.80. The van der Waals surface area contributed by atoms with Crippen LogP contribution in [0.25, 0.3) is 5.82 Å². The van der Waals surface area contributed by atoms with E-state index in [0.717, 1.165) is 24.2 Å². The zero-order valence-electron chi connectivity index (χ0n) is 13.7. The molecular weight excluding hydrogens is 302 g/mol. The maximum Gasteiger partial charge on any atom is 0.243 e. The first-order valence-electron chi connectivity index (χ1n) is 8.12. The summed E-state index contributed by atoms with van der Waals surface area (Å²) in [6, 6.07) is 7.53. The predicted molar refractivity (Wildman–Crippen MR) is 91.6 cm³/mol. The number of hydrogen-bond donors (Lipinski definition) is 1. The number of rotatable bonds is 7. The Morgan fingerprint density at radius 2 is 2.04 bits per heavy atom. The van der Waals surface area contributed by atoms with E-state index in [9.17, 15) is 4.79 Å². The van der Waals surface area contributed by atoms with Gasteiger partial charge in [-0.3, -0.25) is 9.36 Å². The van der Waals surface area contributed by atoms with E-state index in [1.807, 2.05) is 52.0 Å². The molecule has 0 bridgehead atoms. The van der Waals surface area contributed by atoms with Gasteiger partial charge in [-0.25, -0.2) is 9.97 Å². The standard InChI is InChI=1S/C18H21N5O/c1-2-6-16(22-10-3-4-11-22)18(24)21-13-15-7-5-8-20-17(15)23-12-9-19-14-23/h3-5,7-12,14,16H,2,6,13H2,1H3,(H,21,24). The van der Waals surface area contributed by atoms with E-state index in [0.29, 0.717) is 6.54 Å². The van der Waals surface area contributed by atoms with Crippen LogP contribution in [0, 0.1) is 0 Å². The van der Waals surface area contributed by atoms with Gasteiger partial charge in [-0.05, 0) is 24.6 Å². The molecule has 3 aromatic heterocycles. The fourth-order valence-electron chi connectivity index (χ4n) is 2.73. The Labute approximate surface area is 141 Å². The third kappa shape index (κ3) is 3.53. The molecular formula is C18H21N5O. The molecule has 1 atom stereocenters. The number of imidazole rings is 1. The van der Waals surface area contributed by atoms with Crippen molar-refractivity contribution in [3.63, 3.8) is 0 Å². The van der Waals surface area contributed by atoms with E-state index in [2.05, 4.69) is 22.2 Å². The van der Waals surface area contributed by atoms with Crippen LogP contribution in [0.4, 0.5) is 0 Å². The highest BCUT2D eigenvalue weighted by molar-refractivity contribution is 5.80. The van der Waals surface area contributed by atoms with Crippen molar-refractivity contribution in [2.45, 2.75) is 32.4 Å². The first-order chi connectivity index (χ1) is 11.8. The number of pyridine rings is 1. The number of nitrogens with one attached hydrogen (secondary N) is 1. The maximum absolute atomic E-state index is 12.6. The lowest BCUT2D eigenvalue weighted by Crippen LogP contribution is -2.32. The highest BCUT2D eigenvalue weighted by Crippen LogP contribution is 2.16. The minimum absolute atomic E-state index is 0.0217. The van der Waals surface area contributed by atoms with Gasteiger partial charge >= 0.3 is 0 Å². The van der Waals surface area contributed by atoms with E-state index in [-0.39, 0.29) is 11.9 Å². The third-order valence-corrected chi connectivity index (χ3v) is 3.92. The van der Waals surface area contributed by atoms with Gasteiger partial charge in [0.2, 0.25) is 5.91 Å². The zero-order valence-corrected chi connectivity index (χ0v) is 13.7. The summed E-state index contributed by atoms with van der Waals surface area (Å²) in [5.74, 6) is 0.803. The van der Waals surface area contributed by atoms with Gasteiger partial charge < -0.3 is 9.88 Å². The van der Waals surface area contributed by atoms with Crippen molar-refractivity contribution in [3.05, 3.63) is 67.1 Å². The third-order valence-electron chi connectivity index (χ3n) is 3.92. The molecule has 0 saturated carbocycles. The number of carbonyl (C=O) groups is 1. The van der Waals surface area contributed by atoms with Crippen molar-refractivity contribution in [1.29, 1.82) is 0 Å². The van der Waals surface area contributed by atoms with Crippen molar-refractivity contribution >= 4 is 5.91 Å². The van der Waals surface area contributed by atoms with Gasteiger partial charge in [-0.2, -0.15) is 0 Å². The summed E-state index contributed by atoms with van der Waals surface area (Å²) in [6.45, 7) is 2.52. The van der Waals surface area contributed by atoms with Gasteiger partial charge in [0.25, 0.3) is 0 Å². The second kappa shape index (κ2) is 7.59. The first kappa shape index (κ1) is 16.0. The van der Waals surface area contributed by atoms with Crippen molar-refractivity contribution in [3.8, 4) is 5.82 Å². The molecule has 0 fully saturated rings. The summed E-state index contributed by atoms with van der Waals surface area (Å²) in [5.41, 5.74) is 0.951. The number of carbonyl (C=O) groups excluding carboxylic acids is 1. The molecule has 6 heteroatoms. The van der Waals surface area contributed by atoms with Crippen molar-refractivity contribution in [2.24, 2.45) is 0 Å². The molecule has 1 N–H and O–H groups in total. The van der Waals surface area contributed by atoms with Gasteiger partial charge in [0, 0.05) is 43.1 Å². The molecule has 0 spiro atoms. The molecule has 1 unspecified atom stereocenters. The molecule has 3 heterocycles. The van der Waals surface area contributed by atoms with Crippen LogP contribution in [0.1, 0.15) is 31.4 Å². The summed E-state index contributed by atoms with van der Waals surface area (Å²) in [4.78, 5) is 21.1. The van der Waals surface area contributed by atoms with E-state index in [1.165, 1.54) is 0 Å². The Hall–Kier alpha value is -2.89. The zero-order chi connectivity index (χ0) is 16.8. The Balaban J connectivity index is 1.72. The molecule has 124 valence electrons. The summed E-state index contributed by atoms with van der Waals surface area (Å²) in [6.07, 6.45) is 12.6. The first-order valence-corrected chi connectivity index (χ1v) is 8.12. The molecule has 1 amide bonds. The fourth-order valence-corrected chi connectivity index (χ4v) is 2.73. The Morgan fingerprint density at radius 3 is 2.75 bits per heavy atom. The van der Waals surface area contributed by atoms with Gasteiger partial charge in [-0.1, -0.05) is 19.4 Å². The van der Waals surface area contributed by atoms with E-state index < -0.39 is 0 Å². The molecule has 0 aromatic carbocycles. The van der Waals surface area contributed by atoms with Gasteiger partial charge in [0.15, 0.2) is 0 Å². The number of nitrogens with zero attached hydrogens (tertiary/aromatic N) is 4. The Morgan fingerprint density at radius 1 is 1.21 bits per heavy atom. The highest BCUT2D eigenvalue weighted by Gasteiger charge is 2.18. The van der Waals surface area contributed by atoms with Crippen LogP contribution in [-0.4, -0.2) is 25.0 Å². The molecule has 0 aliphatic heterocycles. The molecule has 6 nitrogen and oxygen atoms in total. The minimum Gasteiger partial charge on any atom is -0.350 e. The van der Waals surface area contributed by atoms with Crippen LogP contribution in [0.2, 0.25) is 0 Å². The van der Waals surface area contributed by atoms with Crippen molar-refractivity contribution in [1.82, 2.24) is 24.4 Å². The van der Waals surface area contributed by atoms with Gasteiger partial charge in [0.05, 0.1) is 0 Å². The lowest BCUT2D eigenvalue weighted by molar-refractivity contribution is -0.124. The van der Waals surface area contributed by atoms with E-state index in [1.54, 1.807) is 18.7 Å². The normalized spacial score (nSPS) is 12.0. The fraction of sp³-hybridized carbons (Fsp3) is 0.278. The lowest BCUT2D eigenvalue weighted by Gasteiger charge is -2.18. The van der Waals surface area contributed by atoms with Crippen molar-refractivity contribution in [2.75, 3.05) is 0 Å². The number of amides is 1. The van der Waals surface area contributed by atoms with Crippen LogP contribution < -0.4 is 5.32 Å². The summed E-state index contributed by atoms with van der Waals surface area (Å²) >= 11 is 0. The van der Waals surface area contributed by atoms with Crippen molar-refractivity contribution < 1.29 is 4.79 Å². The maximum atomic E-state index is 12.6. The smallest absolute Gasteiger partial charge is 0.243 e. The molecule has 3 rings (SSSR count). The monoisotopic (exact) mass is 323 g/mol. The van der Waals surface area contributed by atoms with Crippen LogP contribution in [0.5, 0.6) is 0 Å². The van der Waals surface area contributed by atoms with Crippen LogP contribution in [0.3, 0.4) is 0 Å². The van der Waals surface area contributed by atoms with Gasteiger partial charge in [-0.15, -0.1) is 0 Å². The average molecular weight is 323 g/mol. The Bertz CT molecular complexity index is 765. The van der Waals surface area contributed by atoms with Gasteiger partial charge in [0.1, 0.15) is 18.2 Å². The van der Waals surface area contributed by atoms with Crippen LogP contribution in [-0.2, 0) is 11.3 Å². The predicted octanol–water partition coefficient (Wildman–Crippen LogP) is 2.73. The largest absolute Gasteiger partial charge is 0.350 e.